The van der Waals surface area contributed by atoms with E-state index in [-0.39, 0.29) is 0 Å². The Morgan fingerprint density at radius 2 is 2.06 bits per heavy atom. The van der Waals surface area contributed by atoms with E-state index < -0.39 is 0 Å². The van der Waals surface area contributed by atoms with Crippen LogP contribution in [0.15, 0.2) is 0 Å². The summed E-state index contributed by atoms with van der Waals surface area (Å²) >= 11 is 1.57. The highest BCUT2D eigenvalue weighted by atomic mass is 32.1. The van der Waals surface area contributed by atoms with Crippen LogP contribution in [0.25, 0.3) is 0 Å². The highest BCUT2D eigenvalue weighted by Crippen LogP contribution is 2.39. The van der Waals surface area contributed by atoms with Crippen molar-refractivity contribution >= 4 is 22.8 Å². The van der Waals surface area contributed by atoms with Gasteiger partial charge >= 0.3 is 0 Å². The molecule has 0 spiro atoms. The van der Waals surface area contributed by atoms with Crippen LogP contribution in [0.5, 0.6) is 0 Å². The van der Waals surface area contributed by atoms with Crippen LogP contribution in [-0.2, 0) is 0 Å². The van der Waals surface area contributed by atoms with Gasteiger partial charge in [0.2, 0.25) is 0 Å². The minimum absolute atomic E-state index is 0.678. The van der Waals surface area contributed by atoms with Crippen LogP contribution in [-0.4, -0.2) is 23.9 Å². The smallest absolute Gasteiger partial charge is 0.186 e. The Hall–Kier alpha value is -0.900. The van der Waals surface area contributed by atoms with Gasteiger partial charge in [0.15, 0.2) is 11.4 Å². The molecule has 1 saturated heterocycles. The van der Waals surface area contributed by atoms with E-state index in [1.165, 1.54) is 38.5 Å². The van der Waals surface area contributed by atoms with E-state index in [4.69, 9.17) is 0 Å². The average Bonchev–Trinajstić information content (AvgIpc) is 3.08. The second-order valence-corrected chi connectivity index (χ2v) is 6.52. The number of rotatable bonds is 3. The molecule has 4 heteroatoms. The fourth-order valence-electron chi connectivity index (χ4n) is 3.49. The topological polar surface area (TPSA) is 33.2 Å². The van der Waals surface area contributed by atoms with Gasteiger partial charge in [0.25, 0.3) is 0 Å². The van der Waals surface area contributed by atoms with Gasteiger partial charge in [0.1, 0.15) is 0 Å². The summed E-state index contributed by atoms with van der Waals surface area (Å²) in [5.41, 5.74) is 0.891. The molecule has 1 aromatic rings. The zero-order chi connectivity index (χ0) is 12.5. The maximum absolute atomic E-state index is 10.9. The molecule has 2 heterocycles. The van der Waals surface area contributed by atoms with Gasteiger partial charge in [-0.3, -0.25) is 4.79 Å². The molecule has 1 aliphatic carbocycles. The van der Waals surface area contributed by atoms with Gasteiger partial charge in [-0.05, 0) is 38.5 Å². The lowest BCUT2D eigenvalue weighted by Gasteiger charge is -2.29. The molecule has 1 atom stereocenters. The van der Waals surface area contributed by atoms with Gasteiger partial charge in [-0.15, -0.1) is 0 Å². The Kier molecular flexibility index (Phi) is 3.37. The third kappa shape index (κ3) is 2.07. The van der Waals surface area contributed by atoms with Crippen molar-refractivity contribution in [1.82, 2.24) is 4.98 Å². The number of thiazole rings is 1. The summed E-state index contributed by atoms with van der Waals surface area (Å²) in [5, 5.41) is 1.07. The highest BCUT2D eigenvalue weighted by molar-refractivity contribution is 7.17. The van der Waals surface area contributed by atoms with Crippen LogP contribution in [0.3, 0.4) is 0 Å². The number of anilines is 1. The first-order valence-electron chi connectivity index (χ1n) is 6.99. The van der Waals surface area contributed by atoms with Crippen molar-refractivity contribution in [2.75, 3.05) is 11.4 Å². The summed E-state index contributed by atoms with van der Waals surface area (Å²) < 4.78 is 0. The molecule has 3 rings (SSSR count). The molecular formula is C14H20N2OS. The van der Waals surface area contributed by atoms with Crippen molar-refractivity contribution in [1.29, 1.82) is 0 Å². The van der Waals surface area contributed by atoms with Crippen LogP contribution in [0.2, 0.25) is 0 Å². The number of aryl methyl sites for hydroxylation is 1. The van der Waals surface area contributed by atoms with E-state index >= 15 is 0 Å². The predicted molar refractivity (Wildman–Crippen MR) is 74.6 cm³/mol. The minimum Gasteiger partial charge on any atom is -0.345 e. The van der Waals surface area contributed by atoms with E-state index in [9.17, 15) is 4.79 Å². The summed E-state index contributed by atoms with van der Waals surface area (Å²) in [6, 6.07) is 0.678. The molecule has 1 unspecified atom stereocenters. The number of carbonyl (C=O) groups excluding carboxylic acids is 1. The first-order chi connectivity index (χ1) is 8.79. The van der Waals surface area contributed by atoms with E-state index in [0.29, 0.717) is 6.04 Å². The fourth-order valence-corrected chi connectivity index (χ4v) is 4.45. The normalized spacial score (nSPS) is 24.9. The molecule has 0 amide bonds. The van der Waals surface area contributed by atoms with Crippen LogP contribution in [0, 0.1) is 12.8 Å². The van der Waals surface area contributed by atoms with Crippen LogP contribution in [0.1, 0.15) is 53.9 Å². The lowest BCUT2D eigenvalue weighted by Crippen LogP contribution is -2.34. The van der Waals surface area contributed by atoms with Crippen molar-refractivity contribution in [3.05, 3.63) is 10.6 Å². The van der Waals surface area contributed by atoms with Crippen molar-refractivity contribution in [3.8, 4) is 0 Å². The Morgan fingerprint density at radius 1 is 1.28 bits per heavy atom. The van der Waals surface area contributed by atoms with Gasteiger partial charge in [-0.1, -0.05) is 24.2 Å². The third-order valence-electron chi connectivity index (χ3n) is 4.42. The Labute approximate surface area is 112 Å². The van der Waals surface area contributed by atoms with E-state index in [2.05, 4.69) is 9.88 Å². The lowest BCUT2D eigenvalue weighted by atomic mass is 9.96. The Morgan fingerprint density at radius 3 is 2.72 bits per heavy atom. The second-order valence-electron chi connectivity index (χ2n) is 5.51. The Bertz CT molecular complexity index is 437. The molecule has 3 nitrogen and oxygen atoms in total. The van der Waals surface area contributed by atoms with Gasteiger partial charge in [-0.2, -0.15) is 0 Å². The zero-order valence-corrected chi connectivity index (χ0v) is 11.7. The molecule has 1 aliphatic heterocycles. The van der Waals surface area contributed by atoms with Crippen molar-refractivity contribution in [2.45, 2.75) is 51.5 Å². The molecule has 0 aromatic carbocycles. The Balaban J connectivity index is 1.82. The van der Waals surface area contributed by atoms with E-state index in [1.807, 2.05) is 6.92 Å². The SMILES string of the molecule is Cc1nc(N2CCCC2C2CCCC2)sc1C=O. The number of nitrogens with zero attached hydrogens (tertiary/aromatic N) is 2. The van der Waals surface area contributed by atoms with E-state index in [1.54, 1.807) is 11.3 Å². The number of aldehydes is 1. The summed E-state index contributed by atoms with van der Waals surface area (Å²) in [6.07, 6.45) is 9.07. The maximum atomic E-state index is 10.9. The summed E-state index contributed by atoms with van der Waals surface area (Å²) in [6.45, 7) is 3.05. The molecule has 1 aromatic heterocycles. The molecule has 98 valence electrons. The maximum Gasteiger partial charge on any atom is 0.186 e. The number of aromatic nitrogens is 1. The van der Waals surface area contributed by atoms with Gasteiger partial charge < -0.3 is 4.90 Å². The quantitative estimate of drug-likeness (QED) is 0.784. The summed E-state index contributed by atoms with van der Waals surface area (Å²) in [5.74, 6) is 0.858. The van der Waals surface area contributed by atoms with Gasteiger partial charge in [0, 0.05) is 12.6 Å². The average molecular weight is 264 g/mol. The molecule has 1 saturated carbocycles. The third-order valence-corrected chi connectivity index (χ3v) is 5.54. The molecule has 2 aliphatic rings. The number of hydrogen-bond donors (Lipinski definition) is 0. The first kappa shape index (κ1) is 12.2. The first-order valence-corrected chi connectivity index (χ1v) is 7.80. The van der Waals surface area contributed by atoms with Gasteiger partial charge in [0.05, 0.1) is 10.6 Å². The molecule has 0 N–H and O–H groups in total. The van der Waals surface area contributed by atoms with Crippen molar-refractivity contribution in [2.24, 2.45) is 5.92 Å². The van der Waals surface area contributed by atoms with Crippen molar-refractivity contribution in [3.63, 3.8) is 0 Å². The second kappa shape index (κ2) is 5.00. The predicted octanol–water partition coefficient (Wildman–Crippen LogP) is 3.42. The van der Waals surface area contributed by atoms with E-state index in [0.717, 1.165) is 34.5 Å². The minimum atomic E-state index is 0.678. The standard InChI is InChI=1S/C14H20N2OS/c1-10-13(9-17)18-14(15-10)16-8-4-7-12(16)11-5-2-3-6-11/h9,11-12H,2-8H2,1H3. The highest BCUT2D eigenvalue weighted by Gasteiger charge is 2.34. The van der Waals surface area contributed by atoms with Crippen LogP contribution in [0.4, 0.5) is 5.13 Å². The van der Waals surface area contributed by atoms with Crippen molar-refractivity contribution < 1.29 is 4.79 Å². The lowest BCUT2D eigenvalue weighted by molar-refractivity contribution is 0.112. The summed E-state index contributed by atoms with van der Waals surface area (Å²) in [7, 11) is 0. The molecule has 18 heavy (non-hydrogen) atoms. The molecular weight excluding hydrogens is 244 g/mol. The van der Waals surface area contributed by atoms with Crippen LogP contribution >= 0.6 is 11.3 Å². The molecule has 0 radical (unpaired) electrons. The number of carbonyl (C=O) groups is 1. The fraction of sp³-hybridized carbons (Fsp3) is 0.714. The van der Waals surface area contributed by atoms with Gasteiger partial charge in [-0.25, -0.2) is 4.98 Å². The molecule has 2 fully saturated rings. The zero-order valence-electron chi connectivity index (χ0n) is 10.9. The number of hydrogen-bond acceptors (Lipinski definition) is 4. The van der Waals surface area contributed by atoms with Crippen LogP contribution < -0.4 is 4.90 Å². The molecule has 0 bridgehead atoms. The summed E-state index contributed by atoms with van der Waals surface area (Å²) in [4.78, 5) is 18.8. The monoisotopic (exact) mass is 264 g/mol. The largest absolute Gasteiger partial charge is 0.345 e.